The lowest BCUT2D eigenvalue weighted by atomic mass is 10.00. The second-order valence-electron chi connectivity index (χ2n) is 4.39. The molecule has 0 atom stereocenters. The monoisotopic (exact) mass is 231 g/mol. The van der Waals surface area contributed by atoms with Crippen LogP contribution in [0.25, 0.3) is 0 Å². The molecule has 4 heteroatoms. The first-order valence-corrected chi connectivity index (χ1v) is 5.79. The van der Waals surface area contributed by atoms with Gasteiger partial charge in [0, 0.05) is 36.5 Å². The predicted molar refractivity (Wildman–Crippen MR) is 63.3 cm³/mol. The van der Waals surface area contributed by atoms with Gasteiger partial charge in [-0.1, -0.05) is 18.2 Å². The molecule has 3 rings (SSSR count). The Balaban J connectivity index is 1.85. The van der Waals surface area contributed by atoms with Crippen molar-refractivity contribution in [2.45, 2.75) is 12.5 Å². The van der Waals surface area contributed by atoms with Crippen LogP contribution in [-0.4, -0.2) is 22.6 Å². The largest absolute Gasteiger partial charge is 0.330 e. The van der Waals surface area contributed by atoms with E-state index in [2.05, 4.69) is 10.3 Å². The van der Waals surface area contributed by atoms with Crippen molar-refractivity contribution in [2.24, 2.45) is 0 Å². The molecule has 0 saturated carbocycles. The molecule has 1 aromatic heterocycles. The fourth-order valence-electron chi connectivity index (χ4n) is 2.11. The SMILES string of the molecule is Fc1ccccc1Cn1cncc1C1CNC1. The zero-order chi connectivity index (χ0) is 11.7. The first-order valence-electron chi connectivity index (χ1n) is 5.79. The zero-order valence-electron chi connectivity index (χ0n) is 9.44. The van der Waals surface area contributed by atoms with Crippen molar-refractivity contribution < 1.29 is 4.39 Å². The summed E-state index contributed by atoms with van der Waals surface area (Å²) in [7, 11) is 0. The maximum absolute atomic E-state index is 13.6. The lowest BCUT2D eigenvalue weighted by molar-refractivity contribution is 0.426. The van der Waals surface area contributed by atoms with Gasteiger partial charge in [0.2, 0.25) is 0 Å². The van der Waals surface area contributed by atoms with E-state index in [0.717, 1.165) is 13.1 Å². The van der Waals surface area contributed by atoms with Crippen LogP contribution in [0.4, 0.5) is 4.39 Å². The molecule has 17 heavy (non-hydrogen) atoms. The smallest absolute Gasteiger partial charge is 0.128 e. The molecule has 1 N–H and O–H groups in total. The van der Waals surface area contributed by atoms with E-state index in [1.165, 1.54) is 11.8 Å². The first kappa shape index (κ1) is 10.5. The van der Waals surface area contributed by atoms with Gasteiger partial charge >= 0.3 is 0 Å². The van der Waals surface area contributed by atoms with Crippen LogP contribution < -0.4 is 5.32 Å². The van der Waals surface area contributed by atoms with Gasteiger partial charge in [-0.15, -0.1) is 0 Å². The Bertz CT molecular complexity index is 517. The van der Waals surface area contributed by atoms with Gasteiger partial charge in [0.25, 0.3) is 0 Å². The highest BCUT2D eigenvalue weighted by Gasteiger charge is 2.22. The molecule has 1 fully saturated rings. The summed E-state index contributed by atoms with van der Waals surface area (Å²) in [6.45, 7) is 2.53. The van der Waals surface area contributed by atoms with E-state index in [9.17, 15) is 4.39 Å². The Morgan fingerprint density at radius 2 is 2.18 bits per heavy atom. The maximum Gasteiger partial charge on any atom is 0.128 e. The molecule has 1 aromatic carbocycles. The molecule has 1 saturated heterocycles. The van der Waals surface area contributed by atoms with Gasteiger partial charge < -0.3 is 9.88 Å². The summed E-state index contributed by atoms with van der Waals surface area (Å²) in [5, 5.41) is 3.24. The summed E-state index contributed by atoms with van der Waals surface area (Å²) in [5.74, 6) is 0.364. The highest BCUT2D eigenvalue weighted by Crippen LogP contribution is 2.20. The van der Waals surface area contributed by atoms with Gasteiger partial charge in [0.15, 0.2) is 0 Å². The molecule has 1 aliphatic rings. The molecule has 2 heterocycles. The Morgan fingerprint density at radius 1 is 1.35 bits per heavy atom. The van der Waals surface area contributed by atoms with E-state index in [1.807, 2.05) is 22.9 Å². The average Bonchev–Trinajstić information content (AvgIpc) is 2.68. The second kappa shape index (κ2) is 4.30. The van der Waals surface area contributed by atoms with E-state index in [-0.39, 0.29) is 5.82 Å². The van der Waals surface area contributed by atoms with Gasteiger partial charge in [0.1, 0.15) is 5.82 Å². The molecule has 0 radical (unpaired) electrons. The highest BCUT2D eigenvalue weighted by atomic mass is 19.1. The van der Waals surface area contributed by atoms with E-state index in [0.29, 0.717) is 18.0 Å². The molecule has 0 aliphatic carbocycles. The minimum Gasteiger partial charge on any atom is -0.330 e. The first-order chi connectivity index (χ1) is 8.34. The number of benzene rings is 1. The van der Waals surface area contributed by atoms with Gasteiger partial charge in [-0.25, -0.2) is 9.37 Å². The molecule has 0 spiro atoms. The summed E-state index contributed by atoms with van der Waals surface area (Å²) < 4.78 is 15.6. The van der Waals surface area contributed by atoms with Crippen LogP contribution in [0.1, 0.15) is 17.2 Å². The van der Waals surface area contributed by atoms with E-state index < -0.39 is 0 Å². The summed E-state index contributed by atoms with van der Waals surface area (Å²) in [6, 6.07) is 6.89. The van der Waals surface area contributed by atoms with E-state index >= 15 is 0 Å². The van der Waals surface area contributed by atoms with Crippen molar-refractivity contribution in [1.82, 2.24) is 14.9 Å². The minimum atomic E-state index is -0.154. The molecule has 1 aliphatic heterocycles. The third-order valence-corrected chi connectivity index (χ3v) is 3.24. The van der Waals surface area contributed by atoms with Gasteiger partial charge in [0.05, 0.1) is 12.9 Å². The van der Waals surface area contributed by atoms with Crippen LogP contribution in [0.2, 0.25) is 0 Å². The summed E-state index contributed by atoms with van der Waals surface area (Å²) in [6.07, 6.45) is 3.66. The Kier molecular flexibility index (Phi) is 2.65. The van der Waals surface area contributed by atoms with Gasteiger partial charge in [-0.05, 0) is 6.07 Å². The van der Waals surface area contributed by atoms with Crippen LogP contribution in [-0.2, 0) is 6.54 Å². The Labute approximate surface area is 99.3 Å². The Hall–Kier alpha value is -1.68. The van der Waals surface area contributed by atoms with Crippen molar-refractivity contribution in [3.8, 4) is 0 Å². The van der Waals surface area contributed by atoms with Gasteiger partial charge in [-0.3, -0.25) is 0 Å². The fraction of sp³-hybridized carbons (Fsp3) is 0.308. The average molecular weight is 231 g/mol. The Morgan fingerprint density at radius 3 is 2.88 bits per heavy atom. The molecule has 2 aromatic rings. The molecule has 0 unspecified atom stereocenters. The molecular weight excluding hydrogens is 217 g/mol. The second-order valence-corrected chi connectivity index (χ2v) is 4.39. The topological polar surface area (TPSA) is 29.9 Å². The predicted octanol–water partition coefficient (Wildman–Crippen LogP) is 1.76. The van der Waals surface area contributed by atoms with Crippen molar-refractivity contribution >= 4 is 0 Å². The minimum absolute atomic E-state index is 0.154. The third kappa shape index (κ3) is 1.96. The number of imidazole rings is 1. The lowest BCUT2D eigenvalue weighted by Gasteiger charge is -2.27. The standard InChI is InChI=1S/C13H14FN3/c14-12-4-2-1-3-10(12)8-17-9-16-7-13(17)11-5-15-6-11/h1-4,7,9,11,15H,5-6,8H2. The quantitative estimate of drug-likeness (QED) is 0.872. The molecule has 3 nitrogen and oxygen atoms in total. The normalized spacial score (nSPS) is 15.8. The molecule has 0 amide bonds. The summed E-state index contributed by atoms with van der Waals surface area (Å²) in [4.78, 5) is 4.16. The number of aromatic nitrogens is 2. The molecule has 88 valence electrons. The summed E-state index contributed by atoms with van der Waals surface area (Å²) in [5.41, 5.74) is 1.89. The number of halogens is 1. The number of rotatable bonds is 3. The highest BCUT2D eigenvalue weighted by molar-refractivity contribution is 5.20. The number of nitrogens with one attached hydrogen (secondary N) is 1. The lowest BCUT2D eigenvalue weighted by Crippen LogP contribution is -2.40. The van der Waals surface area contributed by atoms with Gasteiger partial charge in [-0.2, -0.15) is 0 Å². The number of nitrogens with zero attached hydrogens (tertiary/aromatic N) is 2. The zero-order valence-corrected chi connectivity index (χ0v) is 9.44. The van der Waals surface area contributed by atoms with Crippen molar-refractivity contribution in [1.29, 1.82) is 0 Å². The van der Waals surface area contributed by atoms with Crippen LogP contribution in [0.3, 0.4) is 0 Å². The van der Waals surface area contributed by atoms with Crippen molar-refractivity contribution in [3.63, 3.8) is 0 Å². The number of hydrogen-bond donors (Lipinski definition) is 1. The molecule has 0 bridgehead atoms. The summed E-state index contributed by atoms with van der Waals surface area (Å²) >= 11 is 0. The van der Waals surface area contributed by atoms with E-state index in [1.54, 1.807) is 12.4 Å². The van der Waals surface area contributed by atoms with Crippen molar-refractivity contribution in [3.05, 3.63) is 53.9 Å². The third-order valence-electron chi connectivity index (χ3n) is 3.24. The van der Waals surface area contributed by atoms with Crippen LogP contribution in [0.5, 0.6) is 0 Å². The number of hydrogen-bond acceptors (Lipinski definition) is 2. The van der Waals surface area contributed by atoms with Crippen molar-refractivity contribution in [2.75, 3.05) is 13.1 Å². The maximum atomic E-state index is 13.6. The van der Waals surface area contributed by atoms with Crippen LogP contribution in [0, 0.1) is 5.82 Å². The van der Waals surface area contributed by atoms with Crippen LogP contribution >= 0.6 is 0 Å². The van der Waals surface area contributed by atoms with Crippen LogP contribution in [0.15, 0.2) is 36.8 Å². The molecular formula is C13H14FN3. The fourth-order valence-corrected chi connectivity index (χ4v) is 2.11. The van der Waals surface area contributed by atoms with E-state index in [4.69, 9.17) is 0 Å².